The minimum absolute atomic E-state index is 0.222. The predicted octanol–water partition coefficient (Wildman–Crippen LogP) is 2.26. The van der Waals surface area contributed by atoms with Crippen LogP contribution in [0, 0.1) is 0 Å². The Balaban J connectivity index is 1.60. The van der Waals surface area contributed by atoms with Crippen LogP contribution in [-0.4, -0.2) is 62.3 Å². The molecule has 3 rings (SSSR count). The van der Waals surface area contributed by atoms with Crippen molar-refractivity contribution in [2.24, 2.45) is 0 Å². The Morgan fingerprint density at radius 1 is 1.00 bits per heavy atom. The van der Waals surface area contributed by atoms with E-state index in [9.17, 15) is 18.0 Å². The lowest BCUT2D eigenvalue weighted by Gasteiger charge is -2.34. The van der Waals surface area contributed by atoms with E-state index in [0.29, 0.717) is 30.0 Å². The van der Waals surface area contributed by atoms with E-state index in [1.54, 1.807) is 50.4 Å². The number of carbonyl (C=O) groups excluding carboxylic acids is 2. The highest BCUT2D eigenvalue weighted by Crippen LogP contribution is 2.21. The van der Waals surface area contributed by atoms with Gasteiger partial charge in [-0.05, 0) is 55.3 Å². The van der Waals surface area contributed by atoms with Gasteiger partial charge in [-0.1, -0.05) is 12.1 Å². The fraction of sp³-hybridized carbons (Fsp3) is 0.364. The van der Waals surface area contributed by atoms with Gasteiger partial charge in [-0.3, -0.25) is 4.79 Å². The van der Waals surface area contributed by atoms with Gasteiger partial charge in [-0.25, -0.2) is 4.79 Å². The molecule has 0 radical (unpaired) electrons. The zero-order valence-electron chi connectivity index (χ0n) is 18.1. The Bertz CT molecular complexity index is 1040. The summed E-state index contributed by atoms with van der Waals surface area (Å²) >= 11 is 0. The van der Waals surface area contributed by atoms with Gasteiger partial charge in [0.2, 0.25) is 5.91 Å². The van der Waals surface area contributed by atoms with Gasteiger partial charge in [0.05, 0.1) is 25.8 Å². The number of benzene rings is 2. The molecule has 1 aliphatic heterocycles. The van der Waals surface area contributed by atoms with E-state index in [1.807, 2.05) is 12.1 Å². The number of rotatable bonds is 8. The summed E-state index contributed by atoms with van der Waals surface area (Å²) in [5.74, 6) is -0.200. The average molecular weight is 462 g/mol. The molecule has 1 saturated heterocycles. The van der Waals surface area contributed by atoms with Gasteiger partial charge in [0.25, 0.3) is 10.2 Å². The standard InChI is InChI=1S/C22H27N3O6S/c1-3-31-22(27)18-7-9-19(10-8-18)23-21(26)16-25-14-4-13-24(32(25,28)29)15-17-5-11-20(30-2)12-6-17/h5-12H,3-4,13-16H2,1-2H3,(H,23,26). The van der Waals surface area contributed by atoms with Crippen molar-refractivity contribution in [3.05, 3.63) is 59.7 Å². The number of nitrogens with one attached hydrogen (secondary N) is 1. The Morgan fingerprint density at radius 3 is 2.28 bits per heavy atom. The van der Waals surface area contributed by atoms with E-state index in [0.717, 1.165) is 5.56 Å². The molecule has 0 aliphatic carbocycles. The zero-order chi connectivity index (χ0) is 23.1. The molecule has 0 unspecified atom stereocenters. The molecule has 2 aromatic rings. The number of ether oxygens (including phenoxy) is 2. The second-order valence-corrected chi connectivity index (χ2v) is 9.15. The van der Waals surface area contributed by atoms with Crippen LogP contribution in [-0.2, 0) is 26.3 Å². The van der Waals surface area contributed by atoms with E-state index >= 15 is 0 Å². The minimum atomic E-state index is -3.78. The van der Waals surface area contributed by atoms with E-state index < -0.39 is 22.1 Å². The molecule has 9 nitrogen and oxygen atoms in total. The quantitative estimate of drug-likeness (QED) is 0.605. The summed E-state index contributed by atoms with van der Waals surface area (Å²) in [5.41, 5.74) is 1.67. The molecule has 1 aliphatic rings. The van der Waals surface area contributed by atoms with Crippen LogP contribution >= 0.6 is 0 Å². The van der Waals surface area contributed by atoms with Crippen molar-refractivity contribution in [1.82, 2.24) is 8.61 Å². The van der Waals surface area contributed by atoms with Crippen LogP contribution in [0.1, 0.15) is 29.3 Å². The van der Waals surface area contributed by atoms with Crippen LogP contribution in [0.5, 0.6) is 5.75 Å². The van der Waals surface area contributed by atoms with Crippen molar-refractivity contribution in [1.29, 1.82) is 0 Å². The van der Waals surface area contributed by atoms with E-state index in [1.165, 1.54) is 8.61 Å². The van der Waals surface area contributed by atoms with Gasteiger partial charge in [0.1, 0.15) is 5.75 Å². The molecule has 0 atom stereocenters. The van der Waals surface area contributed by atoms with Gasteiger partial charge >= 0.3 is 5.97 Å². The van der Waals surface area contributed by atoms with Crippen molar-refractivity contribution in [3.63, 3.8) is 0 Å². The van der Waals surface area contributed by atoms with Gasteiger partial charge in [-0.15, -0.1) is 0 Å². The Labute approximate surface area is 188 Å². The summed E-state index contributed by atoms with van der Waals surface area (Å²) in [6, 6.07) is 13.4. The molecule has 1 heterocycles. The largest absolute Gasteiger partial charge is 0.497 e. The van der Waals surface area contributed by atoms with Gasteiger partial charge in [-0.2, -0.15) is 17.0 Å². The molecule has 0 spiro atoms. The van der Waals surface area contributed by atoms with E-state index in [4.69, 9.17) is 9.47 Å². The van der Waals surface area contributed by atoms with E-state index in [2.05, 4.69) is 5.32 Å². The highest BCUT2D eigenvalue weighted by molar-refractivity contribution is 7.86. The first-order valence-electron chi connectivity index (χ1n) is 10.3. The first-order valence-corrected chi connectivity index (χ1v) is 11.7. The highest BCUT2D eigenvalue weighted by atomic mass is 32.2. The zero-order valence-corrected chi connectivity index (χ0v) is 18.9. The number of esters is 1. The molecule has 32 heavy (non-hydrogen) atoms. The van der Waals surface area contributed by atoms with Crippen LogP contribution in [0.15, 0.2) is 48.5 Å². The number of nitrogens with zero attached hydrogens (tertiary/aromatic N) is 2. The average Bonchev–Trinajstić information content (AvgIpc) is 2.78. The number of anilines is 1. The second kappa shape index (κ2) is 10.6. The lowest BCUT2D eigenvalue weighted by Crippen LogP contribution is -2.51. The summed E-state index contributed by atoms with van der Waals surface area (Å²) in [6.07, 6.45) is 0.622. The number of methoxy groups -OCH3 is 1. The fourth-order valence-corrected chi connectivity index (χ4v) is 4.98. The third-order valence-electron chi connectivity index (χ3n) is 4.99. The molecular weight excluding hydrogens is 434 g/mol. The number of amides is 1. The fourth-order valence-electron chi connectivity index (χ4n) is 3.34. The summed E-state index contributed by atoms with van der Waals surface area (Å²) in [5, 5.41) is 2.67. The minimum Gasteiger partial charge on any atom is -0.497 e. The SMILES string of the molecule is CCOC(=O)c1ccc(NC(=O)CN2CCCN(Cc3ccc(OC)cc3)S2(=O)=O)cc1. The normalized spacial score (nSPS) is 16.3. The maximum Gasteiger partial charge on any atom is 0.338 e. The van der Waals surface area contributed by atoms with Gasteiger partial charge < -0.3 is 14.8 Å². The molecule has 2 aromatic carbocycles. The highest BCUT2D eigenvalue weighted by Gasteiger charge is 2.34. The van der Waals surface area contributed by atoms with Crippen LogP contribution in [0.2, 0.25) is 0 Å². The molecule has 1 N–H and O–H groups in total. The van der Waals surface area contributed by atoms with Crippen LogP contribution in [0.3, 0.4) is 0 Å². The second-order valence-electron chi connectivity index (χ2n) is 7.22. The lowest BCUT2D eigenvalue weighted by molar-refractivity contribution is -0.116. The Hall–Kier alpha value is -2.95. The topological polar surface area (TPSA) is 105 Å². The lowest BCUT2D eigenvalue weighted by atomic mass is 10.2. The van der Waals surface area contributed by atoms with Crippen LogP contribution < -0.4 is 10.1 Å². The Kier molecular flexibility index (Phi) is 7.84. The van der Waals surface area contributed by atoms with Crippen molar-refractivity contribution >= 4 is 27.8 Å². The summed E-state index contributed by atoms with van der Waals surface area (Å²) in [4.78, 5) is 24.2. The predicted molar refractivity (Wildman–Crippen MR) is 120 cm³/mol. The summed E-state index contributed by atoms with van der Waals surface area (Å²) < 4.78 is 38.6. The third-order valence-corrected chi connectivity index (χ3v) is 6.91. The maximum atomic E-state index is 13.0. The Morgan fingerprint density at radius 2 is 1.66 bits per heavy atom. The van der Waals surface area contributed by atoms with Crippen molar-refractivity contribution in [3.8, 4) is 5.75 Å². The molecule has 1 fully saturated rings. The molecule has 0 saturated carbocycles. The van der Waals surface area contributed by atoms with Crippen molar-refractivity contribution in [2.75, 3.05) is 38.7 Å². The van der Waals surface area contributed by atoms with Gasteiger partial charge in [0.15, 0.2) is 0 Å². The van der Waals surface area contributed by atoms with Gasteiger partial charge in [0, 0.05) is 25.3 Å². The molecule has 10 heteroatoms. The van der Waals surface area contributed by atoms with Crippen LogP contribution in [0.4, 0.5) is 5.69 Å². The number of hydrogen-bond acceptors (Lipinski definition) is 6. The molecule has 0 bridgehead atoms. The molecule has 1 amide bonds. The summed E-state index contributed by atoms with van der Waals surface area (Å²) in [7, 11) is -2.21. The molecule has 0 aromatic heterocycles. The van der Waals surface area contributed by atoms with Crippen molar-refractivity contribution < 1.29 is 27.5 Å². The number of hydrogen-bond donors (Lipinski definition) is 1. The third kappa shape index (κ3) is 5.84. The molecular formula is C22H27N3O6S. The maximum absolute atomic E-state index is 13.0. The monoisotopic (exact) mass is 461 g/mol. The van der Waals surface area contributed by atoms with E-state index in [-0.39, 0.29) is 26.2 Å². The summed E-state index contributed by atoms with van der Waals surface area (Å²) in [6.45, 7) is 2.59. The number of carbonyl (C=O) groups is 2. The first kappa shape index (κ1) is 23.7. The smallest absolute Gasteiger partial charge is 0.338 e. The molecule has 172 valence electrons. The van der Waals surface area contributed by atoms with Crippen LogP contribution in [0.25, 0.3) is 0 Å². The first-order chi connectivity index (χ1) is 15.3. The van der Waals surface area contributed by atoms with Crippen molar-refractivity contribution in [2.45, 2.75) is 19.9 Å².